The highest BCUT2D eigenvalue weighted by Crippen LogP contribution is 2.36. The summed E-state index contributed by atoms with van der Waals surface area (Å²) in [5.41, 5.74) is 9.34. The highest BCUT2D eigenvalue weighted by molar-refractivity contribution is 6.32. The Hall–Kier alpha value is -2.12. The molecule has 9 heteroatoms. The second kappa shape index (κ2) is 11.5. The summed E-state index contributed by atoms with van der Waals surface area (Å²) in [6, 6.07) is 8.75. The molecular formula is C25H29Cl3FN3O2. The first kappa shape index (κ1) is 28.1. The number of pyridine rings is 1. The number of hydrogen-bond acceptors (Lipinski definition) is 5. The third-order valence-electron chi connectivity index (χ3n) is 6.13. The molecule has 1 saturated carbocycles. The first-order chi connectivity index (χ1) is 15.2. The van der Waals surface area contributed by atoms with E-state index in [4.69, 9.17) is 17.3 Å². The van der Waals surface area contributed by atoms with Crippen molar-refractivity contribution < 1.29 is 14.3 Å². The van der Waals surface area contributed by atoms with Crippen LogP contribution in [0.3, 0.4) is 0 Å². The molecule has 1 fully saturated rings. The lowest BCUT2D eigenvalue weighted by Gasteiger charge is -2.29. The van der Waals surface area contributed by atoms with E-state index in [9.17, 15) is 14.3 Å². The molecule has 2 aromatic carbocycles. The standard InChI is InChI=1S/C25H27ClFN3O2.2ClH/c1-13(2)24(31)19-12-29-22-8-3-14(15-10-20(26)25(32)21(27)11-15)9-18(22)23(19)30-17-6-4-16(28)5-7-17;;/h3,8-13,16-17,32H,4-7,28H2,1-2H3,(H,29,30);2*1H. The van der Waals surface area contributed by atoms with Gasteiger partial charge in [-0.25, -0.2) is 4.39 Å². The van der Waals surface area contributed by atoms with Crippen molar-refractivity contribution >= 4 is 58.8 Å². The second-order valence-corrected chi connectivity index (χ2v) is 9.25. The molecule has 0 spiro atoms. The van der Waals surface area contributed by atoms with Crippen LogP contribution in [-0.2, 0) is 0 Å². The van der Waals surface area contributed by atoms with Gasteiger partial charge in [-0.1, -0.05) is 31.5 Å². The normalized spacial score (nSPS) is 17.7. The number of benzene rings is 2. The van der Waals surface area contributed by atoms with Gasteiger partial charge in [-0.05, 0) is 61.1 Å². The molecule has 3 aromatic rings. The van der Waals surface area contributed by atoms with E-state index in [1.54, 1.807) is 6.20 Å². The highest BCUT2D eigenvalue weighted by atomic mass is 35.5. The summed E-state index contributed by atoms with van der Waals surface area (Å²) >= 11 is 5.99. The summed E-state index contributed by atoms with van der Waals surface area (Å²) in [6.45, 7) is 3.74. The Kier molecular flexibility index (Phi) is 9.54. The van der Waals surface area contributed by atoms with Crippen LogP contribution in [0, 0.1) is 11.7 Å². The Labute approximate surface area is 216 Å². The Morgan fingerprint density at radius 3 is 2.44 bits per heavy atom. The topological polar surface area (TPSA) is 88.2 Å². The fourth-order valence-electron chi connectivity index (χ4n) is 4.23. The number of nitrogens with zero attached hydrogens (tertiary/aromatic N) is 1. The average Bonchev–Trinajstić information content (AvgIpc) is 2.78. The summed E-state index contributed by atoms with van der Waals surface area (Å²) in [4.78, 5) is 17.5. The smallest absolute Gasteiger partial charge is 0.170 e. The van der Waals surface area contributed by atoms with Crippen molar-refractivity contribution in [3.63, 3.8) is 0 Å². The van der Waals surface area contributed by atoms with Gasteiger partial charge in [-0.2, -0.15) is 0 Å². The number of phenols is 1. The van der Waals surface area contributed by atoms with Gasteiger partial charge in [0.1, 0.15) is 0 Å². The number of carbonyl (C=O) groups is 1. The van der Waals surface area contributed by atoms with E-state index in [0.29, 0.717) is 16.7 Å². The lowest BCUT2D eigenvalue weighted by molar-refractivity contribution is 0.0940. The number of anilines is 1. The molecule has 34 heavy (non-hydrogen) atoms. The molecule has 1 aromatic heterocycles. The summed E-state index contributed by atoms with van der Waals surface area (Å²) < 4.78 is 14.1. The number of aromatic hydroxyl groups is 1. The minimum Gasteiger partial charge on any atom is -0.504 e. The first-order valence-electron chi connectivity index (χ1n) is 10.9. The molecule has 4 N–H and O–H groups in total. The lowest BCUT2D eigenvalue weighted by Crippen LogP contribution is -2.33. The van der Waals surface area contributed by atoms with Crippen molar-refractivity contribution in [3.8, 4) is 16.9 Å². The van der Waals surface area contributed by atoms with E-state index in [-0.39, 0.29) is 53.6 Å². The van der Waals surface area contributed by atoms with E-state index in [1.807, 2.05) is 32.0 Å². The largest absolute Gasteiger partial charge is 0.504 e. The zero-order chi connectivity index (χ0) is 23.0. The average molecular weight is 529 g/mol. The van der Waals surface area contributed by atoms with Crippen molar-refractivity contribution in [3.05, 3.63) is 52.9 Å². The van der Waals surface area contributed by atoms with Crippen LogP contribution >= 0.6 is 36.4 Å². The van der Waals surface area contributed by atoms with Crippen LogP contribution in [0.25, 0.3) is 22.0 Å². The highest BCUT2D eigenvalue weighted by Gasteiger charge is 2.24. The molecule has 0 radical (unpaired) electrons. The van der Waals surface area contributed by atoms with E-state index in [1.165, 1.54) is 12.1 Å². The van der Waals surface area contributed by atoms with Crippen molar-refractivity contribution in [2.75, 3.05) is 5.32 Å². The SMILES string of the molecule is CC(C)C(=O)c1cnc2ccc(-c3cc(F)c(O)c(Cl)c3)cc2c1NC1CCC(N)CC1.Cl.Cl. The number of rotatable bonds is 5. The maximum absolute atomic E-state index is 14.1. The van der Waals surface area contributed by atoms with Gasteiger partial charge in [0.2, 0.25) is 0 Å². The predicted molar refractivity (Wildman–Crippen MR) is 141 cm³/mol. The number of hydrogen-bond donors (Lipinski definition) is 3. The maximum atomic E-state index is 14.1. The van der Waals surface area contributed by atoms with E-state index in [2.05, 4.69) is 10.3 Å². The van der Waals surface area contributed by atoms with Gasteiger partial charge in [0.25, 0.3) is 0 Å². The number of nitrogens with two attached hydrogens (primary N) is 1. The molecular weight excluding hydrogens is 500 g/mol. The summed E-state index contributed by atoms with van der Waals surface area (Å²) in [6.07, 6.45) is 5.37. The number of halogens is 4. The van der Waals surface area contributed by atoms with E-state index < -0.39 is 11.6 Å². The number of ketones is 1. The lowest BCUT2D eigenvalue weighted by atomic mass is 9.90. The van der Waals surface area contributed by atoms with Gasteiger partial charge in [-0.15, -0.1) is 24.8 Å². The summed E-state index contributed by atoms with van der Waals surface area (Å²) in [5, 5.41) is 14.0. The molecule has 1 aliphatic carbocycles. The Balaban J connectivity index is 0.00000204. The van der Waals surface area contributed by atoms with Gasteiger partial charge >= 0.3 is 0 Å². The maximum Gasteiger partial charge on any atom is 0.170 e. The number of aromatic nitrogens is 1. The molecule has 0 atom stereocenters. The number of fused-ring (bicyclic) bond motifs is 1. The van der Waals surface area contributed by atoms with Crippen LogP contribution in [0.15, 0.2) is 36.5 Å². The minimum absolute atomic E-state index is 0. The summed E-state index contributed by atoms with van der Waals surface area (Å²) in [5.74, 6) is -1.52. The molecule has 0 saturated heterocycles. The van der Waals surface area contributed by atoms with Gasteiger partial charge in [-0.3, -0.25) is 9.78 Å². The van der Waals surface area contributed by atoms with E-state index >= 15 is 0 Å². The van der Waals surface area contributed by atoms with Crippen molar-refractivity contribution in [1.82, 2.24) is 4.98 Å². The molecule has 0 amide bonds. The van der Waals surface area contributed by atoms with Gasteiger partial charge in [0.05, 0.1) is 21.8 Å². The van der Waals surface area contributed by atoms with Crippen LogP contribution in [0.4, 0.5) is 10.1 Å². The third-order valence-corrected chi connectivity index (χ3v) is 6.42. The van der Waals surface area contributed by atoms with Crippen molar-refractivity contribution in [2.45, 2.75) is 51.6 Å². The van der Waals surface area contributed by atoms with Crippen LogP contribution in [0.2, 0.25) is 5.02 Å². The molecule has 0 aliphatic heterocycles. The van der Waals surface area contributed by atoms with Gasteiger partial charge < -0.3 is 16.2 Å². The Morgan fingerprint density at radius 1 is 1.15 bits per heavy atom. The summed E-state index contributed by atoms with van der Waals surface area (Å²) in [7, 11) is 0. The number of nitrogens with one attached hydrogen (secondary N) is 1. The molecule has 1 aliphatic rings. The fraction of sp³-hybridized carbons (Fsp3) is 0.360. The van der Waals surface area contributed by atoms with Gasteiger partial charge in [0.15, 0.2) is 17.3 Å². The van der Waals surface area contributed by atoms with Gasteiger partial charge in [0, 0.05) is 29.6 Å². The number of phenolic OH excluding ortho intramolecular Hbond substituents is 1. The number of carbonyl (C=O) groups excluding carboxylic acids is 1. The molecule has 0 bridgehead atoms. The van der Waals surface area contributed by atoms with Crippen molar-refractivity contribution in [1.29, 1.82) is 0 Å². The first-order valence-corrected chi connectivity index (χ1v) is 11.3. The quantitative estimate of drug-likeness (QED) is 0.318. The zero-order valence-corrected chi connectivity index (χ0v) is 21.4. The predicted octanol–water partition coefficient (Wildman–Crippen LogP) is 6.76. The van der Waals surface area contributed by atoms with Crippen molar-refractivity contribution in [2.24, 2.45) is 11.7 Å². The van der Waals surface area contributed by atoms with Crippen LogP contribution in [-0.4, -0.2) is 28.0 Å². The Bertz CT molecular complexity index is 1160. The molecule has 4 rings (SSSR count). The second-order valence-electron chi connectivity index (χ2n) is 8.84. The minimum atomic E-state index is -0.786. The zero-order valence-electron chi connectivity index (χ0n) is 19.0. The number of Topliss-reactive ketones (excluding diaryl/α,β-unsaturated/α-hetero) is 1. The third kappa shape index (κ3) is 5.74. The molecule has 5 nitrogen and oxygen atoms in total. The Morgan fingerprint density at radius 2 is 1.82 bits per heavy atom. The molecule has 0 unspecified atom stereocenters. The molecule has 184 valence electrons. The van der Waals surface area contributed by atoms with Crippen LogP contribution < -0.4 is 11.1 Å². The van der Waals surface area contributed by atoms with Crippen LogP contribution in [0.5, 0.6) is 5.75 Å². The van der Waals surface area contributed by atoms with E-state index in [0.717, 1.165) is 42.3 Å². The van der Waals surface area contributed by atoms with Crippen LogP contribution in [0.1, 0.15) is 49.9 Å². The monoisotopic (exact) mass is 527 g/mol. The fourth-order valence-corrected chi connectivity index (χ4v) is 4.43. The molecule has 1 heterocycles.